The molecule has 2 bridgehead atoms. The minimum absolute atomic E-state index is 0.199. The standard InChI is InChI=1S/C17H24O5/c1-8-9-6-17(2,3)7-10(9)14-12(16(19)21-5)11(13(8)22-14)15(18)20-4/h10-14H,6-7H2,1-5H3/t10-,11+,12-,13-,14+/m1/s1. The van der Waals surface area contributed by atoms with Crippen LogP contribution in [0.25, 0.3) is 0 Å². The fraction of sp³-hybridized carbons (Fsp3) is 0.765. The van der Waals surface area contributed by atoms with E-state index in [-0.39, 0.29) is 35.5 Å². The second-order valence-electron chi connectivity index (χ2n) is 7.48. The molecule has 5 heteroatoms. The van der Waals surface area contributed by atoms with E-state index in [1.807, 2.05) is 6.92 Å². The van der Waals surface area contributed by atoms with Crippen LogP contribution >= 0.6 is 0 Å². The lowest BCUT2D eigenvalue weighted by molar-refractivity contribution is -0.156. The Morgan fingerprint density at radius 3 is 2.32 bits per heavy atom. The van der Waals surface area contributed by atoms with E-state index in [0.717, 1.165) is 18.4 Å². The van der Waals surface area contributed by atoms with Gasteiger partial charge < -0.3 is 14.2 Å². The van der Waals surface area contributed by atoms with Gasteiger partial charge in [0.2, 0.25) is 0 Å². The number of hydrogen-bond donors (Lipinski definition) is 0. The Kier molecular flexibility index (Phi) is 3.59. The van der Waals surface area contributed by atoms with Gasteiger partial charge in [-0.05, 0) is 30.8 Å². The predicted octanol–water partition coefficient (Wildman–Crippen LogP) is 2.10. The van der Waals surface area contributed by atoms with Gasteiger partial charge in [0.1, 0.15) is 5.92 Å². The maximum Gasteiger partial charge on any atom is 0.312 e. The van der Waals surface area contributed by atoms with Crippen LogP contribution in [0.2, 0.25) is 0 Å². The van der Waals surface area contributed by atoms with Gasteiger partial charge in [0.15, 0.2) is 0 Å². The summed E-state index contributed by atoms with van der Waals surface area (Å²) in [5.74, 6) is -1.73. The first-order valence-electron chi connectivity index (χ1n) is 7.81. The van der Waals surface area contributed by atoms with Crippen molar-refractivity contribution in [3.8, 4) is 0 Å². The molecule has 0 unspecified atom stereocenters. The average Bonchev–Trinajstić information content (AvgIpc) is 3.00. The third-order valence-electron chi connectivity index (χ3n) is 5.54. The molecule has 5 atom stereocenters. The van der Waals surface area contributed by atoms with Crippen molar-refractivity contribution in [2.45, 2.75) is 45.8 Å². The summed E-state index contributed by atoms with van der Waals surface area (Å²) in [4.78, 5) is 24.6. The lowest BCUT2D eigenvalue weighted by atomic mass is 9.81. The van der Waals surface area contributed by atoms with Crippen molar-refractivity contribution in [1.82, 2.24) is 0 Å². The number of rotatable bonds is 2. The van der Waals surface area contributed by atoms with Crippen molar-refractivity contribution >= 4 is 11.9 Å². The molecule has 0 aromatic rings. The molecular weight excluding hydrogens is 284 g/mol. The van der Waals surface area contributed by atoms with Crippen molar-refractivity contribution in [3.05, 3.63) is 11.1 Å². The molecule has 2 fully saturated rings. The molecule has 0 radical (unpaired) electrons. The Labute approximate surface area is 131 Å². The van der Waals surface area contributed by atoms with E-state index in [4.69, 9.17) is 14.2 Å². The summed E-state index contributed by atoms with van der Waals surface area (Å²) >= 11 is 0. The minimum atomic E-state index is -0.594. The molecule has 5 nitrogen and oxygen atoms in total. The number of hydrogen-bond acceptors (Lipinski definition) is 5. The molecule has 3 rings (SSSR count). The quantitative estimate of drug-likeness (QED) is 0.577. The van der Waals surface area contributed by atoms with E-state index in [1.54, 1.807) is 0 Å². The summed E-state index contributed by atoms with van der Waals surface area (Å²) in [5.41, 5.74) is 2.68. The summed E-state index contributed by atoms with van der Waals surface area (Å²) in [6, 6.07) is 0. The van der Waals surface area contributed by atoms with E-state index in [2.05, 4.69) is 13.8 Å². The van der Waals surface area contributed by atoms with Crippen LogP contribution in [0.4, 0.5) is 0 Å². The lowest BCUT2D eigenvalue weighted by Gasteiger charge is -2.30. The van der Waals surface area contributed by atoms with Crippen LogP contribution in [0.1, 0.15) is 33.6 Å². The first kappa shape index (κ1) is 15.5. The highest BCUT2D eigenvalue weighted by Gasteiger charge is 2.61. The molecule has 0 amide bonds. The predicted molar refractivity (Wildman–Crippen MR) is 78.9 cm³/mol. The monoisotopic (exact) mass is 308 g/mol. The highest BCUT2D eigenvalue weighted by Crippen LogP contribution is 2.57. The topological polar surface area (TPSA) is 61.8 Å². The van der Waals surface area contributed by atoms with Crippen LogP contribution in [0.3, 0.4) is 0 Å². The van der Waals surface area contributed by atoms with Crippen molar-refractivity contribution in [3.63, 3.8) is 0 Å². The van der Waals surface area contributed by atoms with Crippen molar-refractivity contribution in [2.24, 2.45) is 23.2 Å². The second kappa shape index (κ2) is 5.08. The van der Waals surface area contributed by atoms with Gasteiger partial charge in [0.25, 0.3) is 0 Å². The van der Waals surface area contributed by atoms with Crippen LogP contribution in [0, 0.1) is 23.2 Å². The number of carbonyl (C=O) groups is 2. The minimum Gasteiger partial charge on any atom is -0.469 e. The van der Waals surface area contributed by atoms with Gasteiger partial charge in [-0.2, -0.15) is 0 Å². The van der Waals surface area contributed by atoms with Gasteiger partial charge >= 0.3 is 11.9 Å². The number of esters is 2. The summed E-state index contributed by atoms with van der Waals surface area (Å²) < 4.78 is 16.0. The first-order valence-corrected chi connectivity index (χ1v) is 7.81. The van der Waals surface area contributed by atoms with Crippen LogP contribution in [0.5, 0.6) is 0 Å². The summed E-state index contributed by atoms with van der Waals surface area (Å²) in [5, 5.41) is 0. The molecule has 1 aliphatic carbocycles. The van der Waals surface area contributed by atoms with E-state index in [9.17, 15) is 9.59 Å². The molecule has 1 saturated carbocycles. The van der Waals surface area contributed by atoms with E-state index >= 15 is 0 Å². The molecule has 2 aliphatic heterocycles. The first-order chi connectivity index (χ1) is 10.3. The van der Waals surface area contributed by atoms with E-state index in [0.29, 0.717) is 0 Å². The smallest absolute Gasteiger partial charge is 0.312 e. The fourth-order valence-corrected chi connectivity index (χ4v) is 4.64. The van der Waals surface area contributed by atoms with Gasteiger partial charge in [-0.1, -0.05) is 19.4 Å². The zero-order valence-electron chi connectivity index (χ0n) is 13.8. The zero-order valence-corrected chi connectivity index (χ0v) is 13.8. The van der Waals surface area contributed by atoms with Crippen molar-refractivity contribution < 1.29 is 23.8 Å². The molecule has 0 spiro atoms. The van der Waals surface area contributed by atoms with Gasteiger partial charge in [0, 0.05) is 5.92 Å². The SMILES string of the molecule is COC(=O)[C@H]1[C@H]2O[C@H](C(C)=C3CC(C)(C)C[C@H]32)[C@H]1C(=O)OC. The van der Waals surface area contributed by atoms with Crippen molar-refractivity contribution in [1.29, 1.82) is 0 Å². The Morgan fingerprint density at radius 2 is 1.73 bits per heavy atom. The van der Waals surface area contributed by atoms with Gasteiger partial charge in [0.05, 0.1) is 32.3 Å². The lowest BCUT2D eigenvalue weighted by Crippen LogP contribution is -2.37. The summed E-state index contributed by atoms with van der Waals surface area (Å²) in [7, 11) is 2.71. The highest BCUT2D eigenvalue weighted by atomic mass is 16.6. The molecule has 0 aromatic carbocycles. The van der Waals surface area contributed by atoms with Crippen LogP contribution in [-0.4, -0.2) is 38.4 Å². The molecule has 1 saturated heterocycles. The second-order valence-corrected chi connectivity index (χ2v) is 7.48. The molecule has 122 valence electrons. The largest absolute Gasteiger partial charge is 0.469 e. The Hall–Kier alpha value is -1.36. The summed E-state index contributed by atoms with van der Waals surface area (Å²) in [6.07, 6.45) is 1.34. The Bertz CT molecular complexity index is 547. The molecule has 0 N–H and O–H groups in total. The third kappa shape index (κ3) is 2.09. The van der Waals surface area contributed by atoms with E-state index < -0.39 is 11.8 Å². The van der Waals surface area contributed by atoms with Crippen LogP contribution in [-0.2, 0) is 23.8 Å². The molecule has 22 heavy (non-hydrogen) atoms. The molecule has 0 aromatic heterocycles. The molecule has 2 heterocycles. The number of ether oxygens (including phenoxy) is 3. The fourth-order valence-electron chi connectivity index (χ4n) is 4.64. The maximum atomic E-state index is 12.3. The normalized spacial score (nSPS) is 38.7. The molecular formula is C17H24O5. The number of fused-ring (bicyclic) bond motifs is 4. The zero-order chi connectivity index (χ0) is 16.2. The number of methoxy groups -OCH3 is 2. The molecule has 3 aliphatic rings. The van der Waals surface area contributed by atoms with Gasteiger partial charge in [-0.15, -0.1) is 0 Å². The maximum absolute atomic E-state index is 12.3. The summed E-state index contributed by atoms with van der Waals surface area (Å²) in [6.45, 7) is 6.51. The third-order valence-corrected chi connectivity index (χ3v) is 5.54. The van der Waals surface area contributed by atoms with Gasteiger partial charge in [-0.25, -0.2) is 0 Å². The van der Waals surface area contributed by atoms with Crippen LogP contribution < -0.4 is 0 Å². The van der Waals surface area contributed by atoms with Gasteiger partial charge in [-0.3, -0.25) is 9.59 Å². The van der Waals surface area contributed by atoms with Crippen molar-refractivity contribution in [2.75, 3.05) is 14.2 Å². The number of carbonyl (C=O) groups excluding carboxylic acids is 2. The van der Waals surface area contributed by atoms with Crippen LogP contribution in [0.15, 0.2) is 11.1 Å². The Balaban J connectivity index is 2.05. The average molecular weight is 308 g/mol. The van der Waals surface area contributed by atoms with E-state index in [1.165, 1.54) is 19.8 Å². The highest BCUT2D eigenvalue weighted by molar-refractivity contribution is 5.84. The Morgan fingerprint density at radius 1 is 1.14 bits per heavy atom.